The van der Waals surface area contributed by atoms with Gasteiger partial charge in [-0.05, 0) is 10.8 Å². The van der Waals surface area contributed by atoms with Crippen LogP contribution < -0.4 is 24.8 Å². The molecule has 0 fully saturated rings. The van der Waals surface area contributed by atoms with Crippen LogP contribution in [0.1, 0.15) is 91.5 Å². The van der Waals surface area contributed by atoms with E-state index in [0.717, 1.165) is 0 Å². The van der Waals surface area contributed by atoms with E-state index in [1.807, 2.05) is 12.1 Å². The summed E-state index contributed by atoms with van der Waals surface area (Å²) in [5.74, 6) is 0.522. The van der Waals surface area contributed by atoms with Crippen molar-refractivity contribution in [3.8, 4) is 0 Å². The van der Waals surface area contributed by atoms with Crippen molar-refractivity contribution in [2.45, 2.75) is 80.1 Å². The Hall–Kier alpha value is -2.61. The zero-order valence-electron chi connectivity index (χ0n) is 29.8. The first kappa shape index (κ1) is 40.6. The fraction of sp³-hybridized carbons (Fsp3) is 0.318. The predicted molar refractivity (Wildman–Crippen MR) is 195 cm³/mol. The number of halogens is 2. The van der Waals surface area contributed by atoms with Gasteiger partial charge < -0.3 is 24.8 Å². The molecule has 1 unspecified atom stereocenters. The van der Waals surface area contributed by atoms with Gasteiger partial charge in [0.15, 0.2) is 0 Å². The summed E-state index contributed by atoms with van der Waals surface area (Å²) in [7, 11) is 0. The van der Waals surface area contributed by atoms with Gasteiger partial charge in [0, 0.05) is 0 Å². The van der Waals surface area contributed by atoms with E-state index in [4.69, 9.17) is 0 Å². The molecule has 0 nitrogen and oxygen atoms in total. The molecule has 0 radical (unpaired) electrons. The molecule has 0 N–H and O–H groups in total. The number of hydrogen-bond donors (Lipinski definition) is 0. The Morgan fingerprint density at radius 2 is 1.00 bits per heavy atom. The van der Waals surface area contributed by atoms with E-state index in [1.165, 1.54) is 53.2 Å². The van der Waals surface area contributed by atoms with Gasteiger partial charge in [-0.1, -0.05) is 116 Å². The van der Waals surface area contributed by atoms with Crippen LogP contribution in [0.5, 0.6) is 0 Å². The second-order valence-electron chi connectivity index (χ2n) is 15.3. The average Bonchev–Trinajstić information content (AvgIpc) is 3.60. The van der Waals surface area contributed by atoms with Crippen LogP contribution in [0.3, 0.4) is 0 Å². The van der Waals surface area contributed by atoms with Gasteiger partial charge in [-0.2, -0.15) is 11.6 Å². The Kier molecular flexibility index (Phi) is 14.4. The van der Waals surface area contributed by atoms with Crippen molar-refractivity contribution in [3.63, 3.8) is 0 Å². The number of allylic oxidation sites excluding steroid dienone is 4. The van der Waals surface area contributed by atoms with Gasteiger partial charge in [-0.25, -0.2) is 6.08 Å². The molecule has 0 saturated carbocycles. The number of fused-ring (bicyclic) bond motifs is 3. The van der Waals surface area contributed by atoms with E-state index in [9.17, 15) is 0 Å². The summed E-state index contributed by atoms with van der Waals surface area (Å²) >= 11 is 2.16. The second kappa shape index (κ2) is 16.7. The van der Waals surface area contributed by atoms with Gasteiger partial charge in [0.2, 0.25) is 0 Å². The Bertz CT molecular complexity index is 1690. The number of rotatable bonds is 2. The molecule has 0 aliphatic heterocycles. The van der Waals surface area contributed by atoms with Gasteiger partial charge in [0.05, 0.1) is 0 Å². The predicted octanol–water partition coefficient (Wildman–Crippen LogP) is 6.09. The molecule has 0 bridgehead atoms. The minimum absolute atomic E-state index is 0. The summed E-state index contributed by atoms with van der Waals surface area (Å²) in [5, 5.41) is 5.48. The summed E-state index contributed by atoms with van der Waals surface area (Å²) in [6.07, 6.45) is 7.65. The van der Waals surface area contributed by atoms with Crippen molar-refractivity contribution in [2.24, 2.45) is 11.3 Å². The molecular formula is C44H50Cl2Ti-2. The normalized spacial score (nSPS) is 14.2. The van der Waals surface area contributed by atoms with E-state index in [-0.39, 0.29) is 35.6 Å². The molecule has 47 heavy (non-hydrogen) atoms. The first-order valence-corrected chi connectivity index (χ1v) is 17.0. The standard InChI is InChI=1S/C21H25.C13H10.C10H15.2ClH.Ti/c1-20(2,3)16-7-9-18-14(12-16)11-15-13-17(21(4,5)6)8-10-19(15)18;1-3-7-12(8-4-1)11-13-9-5-2-6-10-13;1-8-5-6-9(7-8)10(2,3)4;;;/h7-13H,1-6H3;1-10H;6-8H,1-4H3;2*1H;/q-1;;-1;;;+2/p-2. The van der Waals surface area contributed by atoms with E-state index in [0.29, 0.717) is 11.3 Å². The van der Waals surface area contributed by atoms with Crippen LogP contribution in [-0.4, -0.2) is 3.81 Å². The molecule has 5 aromatic carbocycles. The first-order chi connectivity index (χ1) is 21.0. The maximum absolute atomic E-state index is 3.26. The van der Waals surface area contributed by atoms with Crippen LogP contribution >= 0.6 is 0 Å². The SMILES string of the molecule is CC(C)(C)c1ccc2c(c1)[cH-]c1cc(C(C)(C)C)ccc12.CC1[C-]=CC(C(C)(C)C)=C1.[Cl-].[Cl-].[Ti+2]=[C](c1ccccc1)c1ccccc1. The van der Waals surface area contributed by atoms with Crippen molar-refractivity contribution in [2.75, 3.05) is 0 Å². The van der Waals surface area contributed by atoms with E-state index >= 15 is 0 Å². The molecule has 1 atom stereocenters. The molecule has 0 amide bonds. The molecule has 5 aromatic rings. The topological polar surface area (TPSA) is 0 Å². The number of benzene rings is 4. The molecule has 3 heteroatoms. The minimum atomic E-state index is 0. The molecule has 246 valence electrons. The second-order valence-corrected chi connectivity index (χ2v) is 16.1. The van der Waals surface area contributed by atoms with Crippen molar-refractivity contribution < 1.29 is 44.8 Å². The zero-order valence-corrected chi connectivity index (χ0v) is 32.9. The molecule has 0 aromatic heterocycles. The molecular weight excluding hydrogens is 647 g/mol. The van der Waals surface area contributed by atoms with Gasteiger partial charge in [0.1, 0.15) is 0 Å². The third kappa shape index (κ3) is 11.0. The van der Waals surface area contributed by atoms with Gasteiger partial charge in [-0.3, -0.25) is 6.08 Å². The zero-order chi connectivity index (χ0) is 33.0. The molecule has 1 aliphatic carbocycles. The van der Waals surface area contributed by atoms with Crippen LogP contribution in [0.4, 0.5) is 0 Å². The maximum atomic E-state index is 3.26. The quantitative estimate of drug-likeness (QED) is 0.155. The van der Waals surface area contributed by atoms with Crippen LogP contribution in [0.2, 0.25) is 0 Å². The average molecular weight is 698 g/mol. The molecule has 6 rings (SSSR count). The molecule has 0 heterocycles. The first-order valence-electron chi connectivity index (χ1n) is 16.2. The molecule has 0 saturated heterocycles. The van der Waals surface area contributed by atoms with Gasteiger partial charge >= 0.3 is 95.6 Å². The van der Waals surface area contributed by atoms with Gasteiger partial charge in [-0.15, -0.1) is 39.7 Å². The number of hydrogen-bond acceptors (Lipinski definition) is 0. The van der Waals surface area contributed by atoms with Crippen LogP contribution in [-0.2, 0) is 30.8 Å². The van der Waals surface area contributed by atoms with Crippen molar-refractivity contribution in [3.05, 3.63) is 149 Å². The van der Waals surface area contributed by atoms with E-state index < -0.39 is 0 Å². The van der Waals surface area contributed by atoms with Crippen molar-refractivity contribution in [1.82, 2.24) is 0 Å². The van der Waals surface area contributed by atoms with E-state index in [2.05, 4.69) is 198 Å². The Balaban J connectivity index is 0.000000258. The van der Waals surface area contributed by atoms with E-state index in [1.54, 1.807) is 0 Å². The Morgan fingerprint density at radius 3 is 1.30 bits per heavy atom. The van der Waals surface area contributed by atoms with Crippen LogP contribution in [0.15, 0.2) is 121 Å². The van der Waals surface area contributed by atoms with Crippen molar-refractivity contribution in [1.29, 1.82) is 0 Å². The molecule has 0 spiro atoms. The fourth-order valence-corrected chi connectivity index (χ4v) is 5.91. The summed E-state index contributed by atoms with van der Waals surface area (Å²) in [4.78, 5) is 0. The third-order valence-electron chi connectivity index (χ3n) is 8.36. The monoisotopic (exact) mass is 696 g/mol. The third-order valence-corrected chi connectivity index (χ3v) is 9.26. The van der Waals surface area contributed by atoms with Crippen LogP contribution in [0, 0.1) is 17.4 Å². The summed E-state index contributed by atoms with van der Waals surface area (Å²) < 4.78 is 1.33. The van der Waals surface area contributed by atoms with Crippen LogP contribution in [0.25, 0.3) is 21.5 Å². The van der Waals surface area contributed by atoms with Gasteiger partial charge in [0.25, 0.3) is 0 Å². The Labute approximate surface area is 308 Å². The summed E-state index contributed by atoms with van der Waals surface area (Å²) in [6.45, 7) is 22.5. The summed E-state index contributed by atoms with van der Waals surface area (Å²) in [6, 6.07) is 37.1. The Morgan fingerprint density at radius 1 is 0.596 bits per heavy atom. The molecule has 1 aliphatic rings. The summed E-state index contributed by atoms with van der Waals surface area (Å²) in [5.41, 5.74) is 7.51. The fourth-order valence-electron chi connectivity index (χ4n) is 5.39. The van der Waals surface area contributed by atoms with Crippen molar-refractivity contribution >= 4 is 25.4 Å².